The van der Waals surface area contributed by atoms with Crippen molar-refractivity contribution in [2.75, 3.05) is 24.7 Å². The smallest absolute Gasteiger partial charge is 0.150 e. The number of hydrogen-bond acceptors (Lipinski definition) is 4. The molecule has 0 aromatic heterocycles. The molecule has 1 fully saturated rings. The van der Waals surface area contributed by atoms with Gasteiger partial charge in [-0.1, -0.05) is 6.92 Å². The summed E-state index contributed by atoms with van der Waals surface area (Å²) >= 11 is 0. The molecule has 0 bridgehead atoms. The molecule has 2 atom stereocenters. The average molecular weight is 287 g/mol. The summed E-state index contributed by atoms with van der Waals surface area (Å²) in [6, 6.07) is 0.290. The molecule has 0 amide bonds. The van der Waals surface area contributed by atoms with Gasteiger partial charge in [0.25, 0.3) is 0 Å². The predicted molar refractivity (Wildman–Crippen MR) is 76.7 cm³/mol. The van der Waals surface area contributed by atoms with Crippen LogP contribution in [0.3, 0.4) is 0 Å². The summed E-state index contributed by atoms with van der Waals surface area (Å²) in [5, 5.41) is 3.55. The number of sulfone groups is 1. The molecule has 0 radical (unpaired) electrons. The van der Waals surface area contributed by atoms with Gasteiger partial charge < -0.3 is 10.1 Å². The molecule has 0 aromatic rings. The van der Waals surface area contributed by atoms with E-state index in [0.717, 1.165) is 45.3 Å². The van der Waals surface area contributed by atoms with Crippen LogP contribution in [0.15, 0.2) is 11.8 Å². The van der Waals surface area contributed by atoms with Crippen molar-refractivity contribution in [1.29, 1.82) is 0 Å². The third kappa shape index (κ3) is 4.49. The predicted octanol–water partition coefficient (Wildman–Crippen LogP) is 1.87. The lowest BCUT2D eigenvalue weighted by atomic mass is 9.92. The summed E-state index contributed by atoms with van der Waals surface area (Å²) in [6.45, 7) is 3.93. The molecule has 2 unspecified atom stereocenters. The second kappa shape index (κ2) is 6.75. The Morgan fingerprint density at radius 1 is 1.53 bits per heavy atom. The average Bonchev–Trinajstić information content (AvgIpc) is 2.75. The quantitative estimate of drug-likeness (QED) is 0.810. The minimum atomic E-state index is -2.77. The van der Waals surface area contributed by atoms with Gasteiger partial charge in [-0.05, 0) is 50.1 Å². The Bertz CT molecular complexity index is 416. The van der Waals surface area contributed by atoms with Gasteiger partial charge in [-0.3, -0.25) is 0 Å². The Kier molecular flexibility index (Phi) is 5.28. The summed E-state index contributed by atoms with van der Waals surface area (Å²) < 4.78 is 28.5. The van der Waals surface area contributed by atoms with E-state index in [1.807, 2.05) is 6.26 Å². The monoisotopic (exact) mass is 287 g/mol. The Morgan fingerprint density at radius 3 is 2.95 bits per heavy atom. The number of rotatable bonds is 6. The lowest BCUT2D eigenvalue weighted by molar-refractivity contribution is 0.217. The van der Waals surface area contributed by atoms with E-state index in [9.17, 15) is 8.42 Å². The summed E-state index contributed by atoms with van der Waals surface area (Å²) in [4.78, 5) is 0. The van der Waals surface area contributed by atoms with E-state index in [4.69, 9.17) is 4.74 Å². The van der Waals surface area contributed by atoms with E-state index in [0.29, 0.717) is 23.5 Å². The number of ether oxygens (including phenoxy) is 1. The first kappa shape index (κ1) is 14.9. The third-order valence-corrected chi connectivity index (χ3v) is 5.78. The molecule has 4 nitrogen and oxygen atoms in total. The molecular weight excluding hydrogens is 262 g/mol. The van der Waals surface area contributed by atoms with Crippen molar-refractivity contribution in [3.05, 3.63) is 11.8 Å². The zero-order valence-electron chi connectivity index (χ0n) is 11.7. The Morgan fingerprint density at radius 2 is 2.37 bits per heavy atom. The maximum Gasteiger partial charge on any atom is 0.150 e. The fraction of sp³-hybridized carbons (Fsp3) is 0.857. The number of nitrogens with one attached hydrogen (secondary N) is 1. The van der Waals surface area contributed by atoms with Crippen molar-refractivity contribution in [2.45, 2.75) is 45.1 Å². The maximum absolute atomic E-state index is 11.6. The van der Waals surface area contributed by atoms with Crippen LogP contribution in [0.25, 0.3) is 0 Å². The van der Waals surface area contributed by atoms with Gasteiger partial charge in [0.05, 0.1) is 24.4 Å². The van der Waals surface area contributed by atoms with E-state index in [-0.39, 0.29) is 0 Å². The summed E-state index contributed by atoms with van der Waals surface area (Å²) in [6.07, 6.45) is 6.86. The first-order chi connectivity index (χ1) is 9.11. The third-order valence-electron chi connectivity index (χ3n) is 3.95. The van der Waals surface area contributed by atoms with Gasteiger partial charge in [-0.25, -0.2) is 8.42 Å². The highest BCUT2D eigenvalue weighted by molar-refractivity contribution is 7.91. The molecule has 2 aliphatic rings. The van der Waals surface area contributed by atoms with Gasteiger partial charge >= 0.3 is 0 Å². The topological polar surface area (TPSA) is 55.4 Å². The van der Waals surface area contributed by atoms with Crippen LogP contribution < -0.4 is 5.32 Å². The second-order valence-corrected chi connectivity index (χ2v) is 7.91. The Balaban J connectivity index is 1.95. The van der Waals surface area contributed by atoms with E-state index >= 15 is 0 Å². The van der Waals surface area contributed by atoms with Gasteiger partial charge in [-0.2, -0.15) is 0 Å². The Labute approximate surface area is 116 Å². The summed E-state index contributed by atoms with van der Waals surface area (Å²) in [5.74, 6) is 1.04. The van der Waals surface area contributed by atoms with Crippen LogP contribution in [0, 0.1) is 5.92 Å². The molecule has 5 heteroatoms. The van der Waals surface area contributed by atoms with Crippen molar-refractivity contribution in [1.82, 2.24) is 5.32 Å². The molecule has 2 rings (SSSR count). The molecule has 1 N–H and O–H groups in total. The van der Waals surface area contributed by atoms with Crippen LogP contribution in [-0.4, -0.2) is 39.1 Å². The minimum Gasteiger partial charge on any atom is -0.501 e. The Hall–Kier alpha value is -0.550. The zero-order chi connectivity index (χ0) is 13.7. The van der Waals surface area contributed by atoms with Crippen molar-refractivity contribution in [3.8, 4) is 0 Å². The maximum atomic E-state index is 11.6. The van der Waals surface area contributed by atoms with Crippen molar-refractivity contribution >= 4 is 9.84 Å². The SMILES string of the molecule is CCCNC(CC1CCS(=O)(=O)C1)C1=COCCC1. The fourth-order valence-electron chi connectivity index (χ4n) is 2.92. The molecule has 0 aromatic carbocycles. The van der Waals surface area contributed by atoms with Crippen LogP contribution >= 0.6 is 0 Å². The first-order valence-corrected chi connectivity index (χ1v) is 9.17. The second-order valence-electron chi connectivity index (χ2n) is 5.68. The van der Waals surface area contributed by atoms with Crippen LogP contribution in [0.5, 0.6) is 0 Å². The summed E-state index contributed by atoms with van der Waals surface area (Å²) in [5.41, 5.74) is 1.31. The van der Waals surface area contributed by atoms with Crippen LogP contribution in [0.4, 0.5) is 0 Å². The van der Waals surface area contributed by atoms with Crippen molar-refractivity contribution in [3.63, 3.8) is 0 Å². The summed E-state index contributed by atoms with van der Waals surface area (Å²) in [7, 11) is -2.77. The number of hydrogen-bond donors (Lipinski definition) is 1. The van der Waals surface area contributed by atoms with Gasteiger partial charge in [0.1, 0.15) is 0 Å². The molecule has 0 spiro atoms. The highest BCUT2D eigenvalue weighted by Gasteiger charge is 2.30. The van der Waals surface area contributed by atoms with Crippen molar-refractivity contribution < 1.29 is 13.2 Å². The van der Waals surface area contributed by atoms with E-state index < -0.39 is 9.84 Å². The first-order valence-electron chi connectivity index (χ1n) is 7.35. The van der Waals surface area contributed by atoms with Gasteiger partial charge in [-0.15, -0.1) is 0 Å². The van der Waals surface area contributed by atoms with Crippen LogP contribution in [0.1, 0.15) is 39.0 Å². The molecule has 0 saturated carbocycles. The van der Waals surface area contributed by atoms with Gasteiger partial charge in [0.2, 0.25) is 0 Å². The molecule has 2 heterocycles. The normalized spacial score (nSPS) is 27.6. The van der Waals surface area contributed by atoms with Crippen LogP contribution in [-0.2, 0) is 14.6 Å². The fourth-order valence-corrected chi connectivity index (χ4v) is 4.80. The molecule has 1 saturated heterocycles. The van der Waals surface area contributed by atoms with E-state index in [2.05, 4.69) is 12.2 Å². The highest BCUT2D eigenvalue weighted by Crippen LogP contribution is 2.27. The lowest BCUT2D eigenvalue weighted by Crippen LogP contribution is -2.34. The van der Waals surface area contributed by atoms with E-state index in [1.165, 1.54) is 5.57 Å². The molecule has 0 aliphatic carbocycles. The highest BCUT2D eigenvalue weighted by atomic mass is 32.2. The molecular formula is C14H25NO3S. The van der Waals surface area contributed by atoms with Gasteiger partial charge in [0, 0.05) is 6.04 Å². The van der Waals surface area contributed by atoms with E-state index in [1.54, 1.807) is 0 Å². The lowest BCUT2D eigenvalue weighted by Gasteiger charge is -2.26. The standard InChI is InChI=1S/C14H25NO3S/c1-2-6-15-14(13-4-3-7-18-10-13)9-12-5-8-19(16,17)11-12/h10,12,14-15H,2-9,11H2,1H3. The molecule has 19 heavy (non-hydrogen) atoms. The zero-order valence-corrected chi connectivity index (χ0v) is 12.5. The molecule has 110 valence electrons. The van der Waals surface area contributed by atoms with Gasteiger partial charge in [0.15, 0.2) is 9.84 Å². The minimum absolute atomic E-state index is 0.290. The van der Waals surface area contributed by atoms with Crippen LogP contribution in [0.2, 0.25) is 0 Å². The van der Waals surface area contributed by atoms with Crippen molar-refractivity contribution in [2.24, 2.45) is 5.92 Å². The molecule has 2 aliphatic heterocycles. The largest absolute Gasteiger partial charge is 0.501 e.